The van der Waals surface area contributed by atoms with Gasteiger partial charge in [0.15, 0.2) is 0 Å². The second-order valence-electron chi connectivity index (χ2n) is 5.40. The third kappa shape index (κ3) is 4.68. The van der Waals surface area contributed by atoms with Crippen LogP contribution in [0.4, 0.5) is 13.2 Å². The van der Waals surface area contributed by atoms with Gasteiger partial charge in [-0.2, -0.15) is 13.2 Å². The Kier molecular flexibility index (Phi) is 5.30. The number of rotatable bonds is 4. The number of sulfonamides is 1. The zero-order chi connectivity index (χ0) is 17.1. The standard InChI is InChI=1S/C14H17F3N2O3S/c15-14(16,17)13(20)19-8-6-11(7-9-19)10-18-23(21,22)12-4-2-1-3-5-12/h1-5,11,18H,6-10H2. The maximum Gasteiger partial charge on any atom is 0.471 e. The van der Waals surface area contributed by atoms with Gasteiger partial charge in [-0.25, -0.2) is 13.1 Å². The molecular formula is C14H17F3N2O3S. The zero-order valence-corrected chi connectivity index (χ0v) is 13.0. The van der Waals surface area contributed by atoms with Gasteiger partial charge in [-0.1, -0.05) is 18.2 Å². The highest BCUT2D eigenvalue weighted by Crippen LogP contribution is 2.23. The number of carbonyl (C=O) groups excluding carboxylic acids is 1. The molecule has 1 aromatic rings. The maximum atomic E-state index is 12.3. The molecule has 1 fully saturated rings. The first-order valence-corrected chi connectivity index (χ1v) is 8.59. The molecule has 5 nitrogen and oxygen atoms in total. The normalized spacial score (nSPS) is 17.3. The van der Waals surface area contributed by atoms with Crippen molar-refractivity contribution in [3.05, 3.63) is 30.3 Å². The molecule has 2 rings (SSSR count). The number of nitrogens with one attached hydrogen (secondary N) is 1. The number of amides is 1. The van der Waals surface area contributed by atoms with Gasteiger partial charge in [-0.3, -0.25) is 4.79 Å². The van der Waals surface area contributed by atoms with Crippen LogP contribution in [-0.2, 0) is 14.8 Å². The molecule has 0 spiro atoms. The van der Waals surface area contributed by atoms with E-state index in [-0.39, 0.29) is 30.4 Å². The van der Waals surface area contributed by atoms with E-state index < -0.39 is 22.1 Å². The lowest BCUT2D eigenvalue weighted by Gasteiger charge is -2.32. The molecule has 0 unspecified atom stereocenters. The Balaban J connectivity index is 1.85. The van der Waals surface area contributed by atoms with Gasteiger partial charge in [0.25, 0.3) is 0 Å². The fraction of sp³-hybridized carbons (Fsp3) is 0.500. The molecule has 0 aliphatic carbocycles. The van der Waals surface area contributed by atoms with Gasteiger partial charge >= 0.3 is 12.1 Å². The molecule has 23 heavy (non-hydrogen) atoms. The van der Waals surface area contributed by atoms with E-state index in [0.717, 1.165) is 4.90 Å². The largest absolute Gasteiger partial charge is 0.471 e. The summed E-state index contributed by atoms with van der Waals surface area (Å²) in [6, 6.07) is 7.85. The lowest BCUT2D eigenvalue weighted by molar-refractivity contribution is -0.186. The lowest BCUT2D eigenvalue weighted by Crippen LogP contribution is -2.46. The Labute approximate surface area is 132 Å². The third-order valence-corrected chi connectivity index (χ3v) is 5.20. The molecule has 9 heteroatoms. The number of hydrogen-bond donors (Lipinski definition) is 1. The molecule has 1 saturated heterocycles. The van der Waals surface area contributed by atoms with E-state index in [9.17, 15) is 26.4 Å². The Morgan fingerprint density at radius 1 is 1.17 bits per heavy atom. The summed E-state index contributed by atoms with van der Waals surface area (Å²) in [5.41, 5.74) is 0. The molecular weight excluding hydrogens is 333 g/mol. The Hall–Kier alpha value is -1.61. The monoisotopic (exact) mass is 350 g/mol. The molecule has 0 saturated carbocycles. The quantitative estimate of drug-likeness (QED) is 0.900. The number of halogens is 3. The van der Waals surface area contributed by atoms with Gasteiger partial charge < -0.3 is 4.90 Å². The van der Waals surface area contributed by atoms with E-state index in [1.807, 2.05) is 0 Å². The first-order valence-electron chi connectivity index (χ1n) is 7.11. The van der Waals surface area contributed by atoms with Crippen molar-refractivity contribution in [2.24, 2.45) is 5.92 Å². The van der Waals surface area contributed by atoms with E-state index in [1.54, 1.807) is 18.2 Å². The van der Waals surface area contributed by atoms with E-state index in [4.69, 9.17) is 0 Å². The predicted molar refractivity (Wildman–Crippen MR) is 77.0 cm³/mol. The first kappa shape index (κ1) is 17.7. The van der Waals surface area contributed by atoms with Crippen LogP contribution in [0.2, 0.25) is 0 Å². The smallest absolute Gasteiger partial charge is 0.335 e. The Bertz CT molecular complexity index is 639. The Morgan fingerprint density at radius 3 is 2.26 bits per heavy atom. The molecule has 0 atom stereocenters. The average Bonchev–Trinajstić information content (AvgIpc) is 2.53. The second kappa shape index (κ2) is 6.88. The molecule has 1 amide bonds. The maximum absolute atomic E-state index is 12.3. The number of alkyl halides is 3. The van der Waals surface area contributed by atoms with Gasteiger partial charge in [0.1, 0.15) is 0 Å². The third-order valence-electron chi connectivity index (χ3n) is 3.76. The number of piperidine rings is 1. The van der Waals surface area contributed by atoms with Crippen molar-refractivity contribution >= 4 is 15.9 Å². The number of likely N-dealkylation sites (tertiary alicyclic amines) is 1. The molecule has 1 aliphatic heterocycles. The number of carbonyl (C=O) groups is 1. The summed E-state index contributed by atoms with van der Waals surface area (Å²) in [5, 5.41) is 0. The summed E-state index contributed by atoms with van der Waals surface area (Å²) in [6.45, 7) is 0.109. The van der Waals surface area contributed by atoms with Crippen LogP contribution in [0, 0.1) is 5.92 Å². The molecule has 1 heterocycles. The van der Waals surface area contributed by atoms with Crippen LogP contribution in [0.5, 0.6) is 0 Å². The van der Waals surface area contributed by atoms with Gasteiger partial charge in [0, 0.05) is 19.6 Å². The Morgan fingerprint density at radius 2 is 1.74 bits per heavy atom. The zero-order valence-electron chi connectivity index (χ0n) is 12.2. The average molecular weight is 350 g/mol. The van der Waals surface area contributed by atoms with Crippen LogP contribution in [-0.4, -0.2) is 45.0 Å². The SMILES string of the molecule is O=C(N1CCC(CNS(=O)(=O)c2ccccc2)CC1)C(F)(F)F. The van der Waals surface area contributed by atoms with Crippen LogP contribution in [0.15, 0.2) is 35.2 Å². The van der Waals surface area contributed by atoms with Crippen LogP contribution < -0.4 is 4.72 Å². The van der Waals surface area contributed by atoms with Crippen molar-refractivity contribution in [2.75, 3.05) is 19.6 Å². The van der Waals surface area contributed by atoms with Gasteiger partial charge in [-0.15, -0.1) is 0 Å². The van der Waals surface area contributed by atoms with Crippen LogP contribution in [0.3, 0.4) is 0 Å². The van der Waals surface area contributed by atoms with E-state index >= 15 is 0 Å². The topological polar surface area (TPSA) is 66.5 Å². The molecule has 0 aromatic heterocycles. The van der Waals surface area contributed by atoms with Gasteiger partial charge in [0.05, 0.1) is 4.90 Å². The van der Waals surface area contributed by atoms with Crippen LogP contribution in [0.25, 0.3) is 0 Å². The van der Waals surface area contributed by atoms with E-state index in [1.165, 1.54) is 12.1 Å². The highest BCUT2D eigenvalue weighted by Gasteiger charge is 2.43. The molecule has 128 valence electrons. The lowest BCUT2D eigenvalue weighted by atomic mass is 9.97. The molecule has 1 aromatic carbocycles. The molecule has 0 radical (unpaired) electrons. The number of nitrogens with zero attached hydrogens (tertiary/aromatic N) is 1. The fourth-order valence-corrected chi connectivity index (χ4v) is 3.57. The predicted octanol–water partition coefficient (Wildman–Crippen LogP) is 1.77. The second-order valence-corrected chi connectivity index (χ2v) is 7.17. The van der Waals surface area contributed by atoms with Crippen molar-refractivity contribution in [3.63, 3.8) is 0 Å². The van der Waals surface area contributed by atoms with Crippen LogP contribution >= 0.6 is 0 Å². The van der Waals surface area contributed by atoms with Crippen molar-refractivity contribution in [1.82, 2.24) is 9.62 Å². The van der Waals surface area contributed by atoms with E-state index in [2.05, 4.69) is 4.72 Å². The summed E-state index contributed by atoms with van der Waals surface area (Å²) in [6.07, 6.45) is -4.19. The minimum atomic E-state index is -4.86. The summed E-state index contributed by atoms with van der Waals surface area (Å²) in [4.78, 5) is 12.0. The number of benzene rings is 1. The van der Waals surface area contributed by atoms with Gasteiger partial charge in [0.2, 0.25) is 10.0 Å². The molecule has 0 bridgehead atoms. The fourth-order valence-electron chi connectivity index (χ4n) is 2.43. The van der Waals surface area contributed by atoms with Crippen molar-refractivity contribution < 1.29 is 26.4 Å². The highest BCUT2D eigenvalue weighted by atomic mass is 32.2. The van der Waals surface area contributed by atoms with E-state index in [0.29, 0.717) is 12.8 Å². The summed E-state index contributed by atoms with van der Waals surface area (Å²) < 4.78 is 63.6. The molecule has 1 N–H and O–H groups in total. The minimum absolute atomic E-state index is 0.0178. The summed E-state index contributed by atoms with van der Waals surface area (Å²) in [7, 11) is -3.62. The molecule has 1 aliphatic rings. The van der Waals surface area contributed by atoms with Crippen molar-refractivity contribution in [2.45, 2.75) is 23.9 Å². The first-order chi connectivity index (χ1) is 10.7. The number of hydrogen-bond acceptors (Lipinski definition) is 3. The summed E-state index contributed by atoms with van der Waals surface area (Å²) in [5.74, 6) is -1.92. The summed E-state index contributed by atoms with van der Waals surface area (Å²) >= 11 is 0. The highest BCUT2D eigenvalue weighted by molar-refractivity contribution is 7.89. The van der Waals surface area contributed by atoms with Crippen molar-refractivity contribution in [1.29, 1.82) is 0 Å². The van der Waals surface area contributed by atoms with Crippen molar-refractivity contribution in [3.8, 4) is 0 Å². The van der Waals surface area contributed by atoms with Crippen LogP contribution in [0.1, 0.15) is 12.8 Å². The van der Waals surface area contributed by atoms with Gasteiger partial charge in [-0.05, 0) is 30.9 Å². The minimum Gasteiger partial charge on any atom is -0.335 e.